The van der Waals surface area contributed by atoms with Crippen molar-refractivity contribution in [3.63, 3.8) is 0 Å². The van der Waals surface area contributed by atoms with Crippen LogP contribution in [0.1, 0.15) is 33.2 Å². The van der Waals surface area contributed by atoms with Gasteiger partial charge in [-0.15, -0.1) is 0 Å². The van der Waals surface area contributed by atoms with Crippen molar-refractivity contribution in [1.29, 1.82) is 0 Å². The number of fused-ring (bicyclic) bond motifs is 1. The molecular weight excluding hydrogens is 322 g/mol. The lowest BCUT2D eigenvalue weighted by molar-refractivity contribution is -0.384. The number of nitro groups is 1. The van der Waals surface area contributed by atoms with Crippen LogP contribution in [0.25, 0.3) is 0 Å². The summed E-state index contributed by atoms with van der Waals surface area (Å²) in [6.07, 6.45) is 1.34. The zero-order chi connectivity index (χ0) is 18.0. The Bertz CT molecular complexity index is 912. The largest absolute Gasteiger partial charge is 0.293 e. The minimum atomic E-state index is -0.959. The molecular formula is C18H13N3O4. The molecule has 0 aliphatic heterocycles. The quantitative estimate of drug-likeness (QED) is 0.371. The van der Waals surface area contributed by atoms with E-state index in [0.29, 0.717) is 16.7 Å². The molecule has 0 radical (unpaired) electrons. The first kappa shape index (κ1) is 16.4. The van der Waals surface area contributed by atoms with E-state index >= 15 is 0 Å². The summed E-state index contributed by atoms with van der Waals surface area (Å²) in [6.45, 7) is 1.57. The number of hydrogen-bond donors (Lipinski definition) is 0. The molecule has 0 bridgehead atoms. The minimum absolute atomic E-state index is 0.0544. The van der Waals surface area contributed by atoms with Crippen LogP contribution in [0.15, 0.2) is 58.7 Å². The van der Waals surface area contributed by atoms with Crippen molar-refractivity contribution >= 4 is 29.2 Å². The second-order valence-electron chi connectivity index (χ2n) is 5.55. The number of ketones is 2. The minimum Gasteiger partial charge on any atom is -0.293 e. The molecule has 7 heteroatoms. The van der Waals surface area contributed by atoms with Gasteiger partial charge in [0.25, 0.3) is 5.69 Å². The van der Waals surface area contributed by atoms with Crippen LogP contribution in [0.5, 0.6) is 0 Å². The summed E-state index contributed by atoms with van der Waals surface area (Å²) < 4.78 is 0. The number of carbonyl (C=O) groups excluding carboxylic acids is 2. The summed E-state index contributed by atoms with van der Waals surface area (Å²) in [5.41, 5.74) is 1.52. The van der Waals surface area contributed by atoms with Crippen LogP contribution in [0, 0.1) is 16.0 Å². The summed E-state index contributed by atoms with van der Waals surface area (Å²) in [4.78, 5) is 35.0. The third-order valence-corrected chi connectivity index (χ3v) is 3.90. The molecule has 0 aromatic heterocycles. The van der Waals surface area contributed by atoms with E-state index in [4.69, 9.17) is 0 Å². The molecule has 0 saturated heterocycles. The van der Waals surface area contributed by atoms with E-state index in [1.54, 1.807) is 37.3 Å². The number of rotatable bonds is 4. The molecule has 3 rings (SSSR count). The molecule has 2 aromatic carbocycles. The van der Waals surface area contributed by atoms with E-state index in [0.717, 1.165) is 0 Å². The Morgan fingerprint density at radius 2 is 1.72 bits per heavy atom. The number of hydrogen-bond acceptors (Lipinski definition) is 6. The molecule has 0 unspecified atom stereocenters. The zero-order valence-corrected chi connectivity index (χ0v) is 13.2. The summed E-state index contributed by atoms with van der Waals surface area (Å²) in [6, 6.07) is 12.6. The molecule has 1 aliphatic carbocycles. The van der Waals surface area contributed by atoms with Gasteiger partial charge in [-0.1, -0.05) is 36.4 Å². The second-order valence-corrected chi connectivity index (χ2v) is 5.55. The Labute approximate surface area is 142 Å². The maximum Gasteiger partial charge on any atom is 0.270 e. The van der Waals surface area contributed by atoms with Crippen molar-refractivity contribution in [3.8, 4) is 0 Å². The maximum atomic E-state index is 12.4. The molecule has 0 atom stereocenters. The van der Waals surface area contributed by atoms with Crippen molar-refractivity contribution in [2.75, 3.05) is 0 Å². The van der Waals surface area contributed by atoms with Crippen molar-refractivity contribution < 1.29 is 14.5 Å². The highest BCUT2D eigenvalue weighted by Crippen LogP contribution is 2.27. The highest BCUT2D eigenvalue weighted by molar-refractivity contribution is 6.36. The second kappa shape index (κ2) is 6.56. The van der Waals surface area contributed by atoms with Crippen molar-refractivity contribution in [1.82, 2.24) is 0 Å². The first-order valence-electron chi connectivity index (χ1n) is 7.48. The van der Waals surface area contributed by atoms with Crippen LogP contribution >= 0.6 is 0 Å². The molecule has 1 aliphatic rings. The van der Waals surface area contributed by atoms with E-state index in [9.17, 15) is 19.7 Å². The maximum absolute atomic E-state index is 12.4. The lowest BCUT2D eigenvalue weighted by Gasteiger charge is -2.03. The van der Waals surface area contributed by atoms with Gasteiger partial charge in [0.1, 0.15) is 5.92 Å². The van der Waals surface area contributed by atoms with Gasteiger partial charge in [-0.25, -0.2) is 0 Å². The number of benzene rings is 2. The Balaban J connectivity index is 1.81. The Hall–Kier alpha value is -3.48. The van der Waals surface area contributed by atoms with E-state index < -0.39 is 10.8 Å². The van der Waals surface area contributed by atoms with Crippen LogP contribution < -0.4 is 0 Å². The Kier molecular flexibility index (Phi) is 4.30. The summed E-state index contributed by atoms with van der Waals surface area (Å²) in [5, 5.41) is 18.5. The number of non-ortho nitro benzene ring substituents is 1. The van der Waals surface area contributed by atoms with Crippen LogP contribution in [-0.2, 0) is 0 Å². The summed E-state index contributed by atoms with van der Waals surface area (Å²) in [7, 11) is 0. The van der Waals surface area contributed by atoms with Gasteiger partial charge in [0.15, 0.2) is 11.6 Å². The standard InChI is InChI=1S/C18H13N3O4/c1-11(16-17(22)14-7-2-3-8-15(14)18(16)23)20-19-10-12-5-4-6-13(9-12)21(24)25/h2-10,16H,1H3/b19-10-,20-11-. The average Bonchev–Trinajstić information content (AvgIpc) is 2.86. The van der Waals surface area contributed by atoms with E-state index in [1.807, 2.05) is 0 Å². The fourth-order valence-corrected chi connectivity index (χ4v) is 2.69. The molecule has 0 amide bonds. The molecule has 0 heterocycles. The molecule has 124 valence electrons. The lowest BCUT2D eigenvalue weighted by atomic mass is 9.99. The van der Waals surface area contributed by atoms with Crippen molar-refractivity contribution in [2.45, 2.75) is 6.92 Å². The van der Waals surface area contributed by atoms with Gasteiger partial charge in [0.05, 0.1) is 16.8 Å². The molecule has 2 aromatic rings. The van der Waals surface area contributed by atoms with Crippen LogP contribution in [-0.4, -0.2) is 28.4 Å². The lowest BCUT2D eigenvalue weighted by Crippen LogP contribution is -2.23. The molecule has 25 heavy (non-hydrogen) atoms. The van der Waals surface area contributed by atoms with Gasteiger partial charge in [-0.05, 0) is 6.92 Å². The first-order chi connectivity index (χ1) is 12.0. The molecule has 0 saturated carbocycles. The zero-order valence-electron chi connectivity index (χ0n) is 13.2. The van der Waals surface area contributed by atoms with E-state index in [1.165, 1.54) is 24.4 Å². The molecule has 0 fully saturated rings. The van der Waals surface area contributed by atoms with Crippen LogP contribution in [0.3, 0.4) is 0 Å². The van der Waals surface area contributed by atoms with E-state index in [-0.39, 0.29) is 23.0 Å². The third kappa shape index (κ3) is 3.12. The smallest absolute Gasteiger partial charge is 0.270 e. The van der Waals surface area contributed by atoms with Gasteiger partial charge in [-0.2, -0.15) is 10.2 Å². The van der Waals surface area contributed by atoms with Gasteiger partial charge >= 0.3 is 0 Å². The first-order valence-corrected chi connectivity index (χ1v) is 7.48. The fraction of sp³-hybridized carbons (Fsp3) is 0.111. The Morgan fingerprint density at radius 1 is 1.08 bits per heavy atom. The number of nitrogens with zero attached hydrogens (tertiary/aromatic N) is 3. The number of nitro benzene ring substituents is 1. The van der Waals surface area contributed by atoms with E-state index in [2.05, 4.69) is 10.2 Å². The SMILES string of the molecule is C/C(=N/N=C\c1cccc([N+](=O)[O-])c1)C1C(=O)c2ccccc2C1=O. The van der Waals surface area contributed by atoms with Crippen LogP contribution in [0.4, 0.5) is 5.69 Å². The monoisotopic (exact) mass is 335 g/mol. The third-order valence-electron chi connectivity index (χ3n) is 3.90. The number of carbonyl (C=O) groups is 2. The Morgan fingerprint density at radius 3 is 2.32 bits per heavy atom. The van der Waals surface area contributed by atoms with Crippen molar-refractivity contribution in [2.24, 2.45) is 16.1 Å². The highest BCUT2D eigenvalue weighted by Gasteiger charge is 2.40. The van der Waals surface area contributed by atoms with Crippen molar-refractivity contribution in [3.05, 3.63) is 75.3 Å². The summed E-state index contributed by atoms with van der Waals surface area (Å²) in [5.74, 6) is -1.53. The molecule has 0 N–H and O–H groups in total. The topological polar surface area (TPSA) is 102 Å². The average molecular weight is 335 g/mol. The fourth-order valence-electron chi connectivity index (χ4n) is 2.69. The number of Topliss-reactive ketones (excluding diaryl/α,β-unsaturated/α-hetero) is 2. The van der Waals surface area contributed by atoms with Gasteiger partial charge in [0, 0.05) is 28.8 Å². The highest BCUT2D eigenvalue weighted by atomic mass is 16.6. The summed E-state index contributed by atoms with van der Waals surface area (Å²) >= 11 is 0. The predicted molar refractivity (Wildman–Crippen MR) is 92.4 cm³/mol. The van der Waals surface area contributed by atoms with Crippen LogP contribution in [0.2, 0.25) is 0 Å². The molecule has 0 spiro atoms. The van der Waals surface area contributed by atoms with Gasteiger partial charge in [-0.3, -0.25) is 19.7 Å². The van der Waals surface area contributed by atoms with Gasteiger partial charge < -0.3 is 0 Å². The normalized spacial score (nSPS) is 15.0. The predicted octanol–water partition coefficient (Wildman–Crippen LogP) is 3.09. The van der Waals surface area contributed by atoms with Gasteiger partial charge in [0.2, 0.25) is 0 Å². The molecule has 7 nitrogen and oxygen atoms in total.